The Morgan fingerprint density at radius 3 is 2.57 bits per heavy atom. The summed E-state index contributed by atoms with van der Waals surface area (Å²) < 4.78 is 5.26. The first-order valence-corrected chi connectivity index (χ1v) is 8.38. The molecule has 0 radical (unpaired) electrons. The number of aromatic nitrogens is 2. The Balaban J connectivity index is 1.50. The molecule has 1 aliphatic carbocycles. The van der Waals surface area contributed by atoms with E-state index < -0.39 is 0 Å². The Hall–Kier alpha value is -1.23. The predicted octanol–water partition coefficient (Wildman–Crippen LogP) is 2.75. The standard InChI is InChI=1S/C16H25N3O2/c20-14(13-7-3-1-4-8-13)11-16-17-15(18-21-16)12-19-9-5-2-6-10-19/h13H,1-12H2. The van der Waals surface area contributed by atoms with Crippen molar-refractivity contribution in [1.29, 1.82) is 0 Å². The van der Waals surface area contributed by atoms with Crippen LogP contribution in [0.25, 0.3) is 0 Å². The summed E-state index contributed by atoms with van der Waals surface area (Å²) >= 11 is 0. The van der Waals surface area contributed by atoms with Crippen LogP contribution in [0.1, 0.15) is 63.1 Å². The largest absolute Gasteiger partial charge is 0.339 e. The van der Waals surface area contributed by atoms with E-state index >= 15 is 0 Å². The Morgan fingerprint density at radius 2 is 1.81 bits per heavy atom. The van der Waals surface area contributed by atoms with Crippen LogP contribution in [0.15, 0.2) is 4.52 Å². The second-order valence-electron chi connectivity index (χ2n) is 6.42. The lowest BCUT2D eigenvalue weighted by atomic mass is 9.85. The SMILES string of the molecule is O=C(Cc1nc(CN2CCCCC2)no1)C1CCCCC1. The van der Waals surface area contributed by atoms with Gasteiger partial charge in [0.2, 0.25) is 5.89 Å². The summed E-state index contributed by atoms with van der Waals surface area (Å²) in [5.74, 6) is 1.72. The van der Waals surface area contributed by atoms with Gasteiger partial charge in [-0.15, -0.1) is 0 Å². The smallest absolute Gasteiger partial charge is 0.234 e. The second-order valence-corrected chi connectivity index (χ2v) is 6.42. The number of hydrogen-bond acceptors (Lipinski definition) is 5. The first-order chi connectivity index (χ1) is 10.3. The highest BCUT2D eigenvalue weighted by atomic mass is 16.5. The van der Waals surface area contributed by atoms with Gasteiger partial charge < -0.3 is 4.52 Å². The minimum absolute atomic E-state index is 0.219. The molecule has 0 bridgehead atoms. The molecule has 1 aliphatic heterocycles. The number of ketones is 1. The number of carbonyl (C=O) groups excluding carboxylic acids is 1. The molecule has 1 aromatic rings. The van der Waals surface area contributed by atoms with Crippen LogP contribution in [-0.2, 0) is 17.8 Å². The van der Waals surface area contributed by atoms with E-state index in [2.05, 4.69) is 15.0 Å². The molecule has 2 aliphatic rings. The lowest BCUT2D eigenvalue weighted by Crippen LogP contribution is -2.29. The fourth-order valence-corrected chi connectivity index (χ4v) is 3.46. The average Bonchev–Trinajstić information content (AvgIpc) is 2.96. The first-order valence-electron chi connectivity index (χ1n) is 8.38. The molecular weight excluding hydrogens is 266 g/mol. The molecule has 21 heavy (non-hydrogen) atoms. The van der Waals surface area contributed by atoms with E-state index in [9.17, 15) is 4.79 Å². The van der Waals surface area contributed by atoms with Crippen LogP contribution in [0, 0.1) is 5.92 Å². The summed E-state index contributed by atoms with van der Waals surface area (Å²) in [6, 6.07) is 0. The fraction of sp³-hybridized carbons (Fsp3) is 0.812. The molecular formula is C16H25N3O2. The molecule has 1 saturated carbocycles. The normalized spacial score (nSPS) is 21.5. The van der Waals surface area contributed by atoms with Gasteiger partial charge in [0.05, 0.1) is 13.0 Å². The third-order valence-electron chi connectivity index (χ3n) is 4.71. The van der Waals surface area contributed by atoms with Crippen molar-refractivity contribution in [3.05, 3.63) is 11.7 Å². The lowest BCUT2D eigenvalue weighted by molar-refractivity contribution is -0.123. The van der Waals surface area contributed by atoms with Crippen molar-refractivity contribution in [2.24, 2.45) is 5.92 Å². The summed E-state index contributed by atoms with van der Waals surface area (Å²) in [5.41, 5.74) is 0. The Kier molecular flexibility index (Phi) is 5.01. The quantitative estimate of drug-likeness (QED) is 0.835. The number of nitrogens with zero attached hydrogens (tertiary/aromatic N) is 3. The number of carbonyl (C=O) groups is 1. The van der Waals surface area contributed by atoms with E-state index in [1.165, 1.54) is 38.5 Å². The van der Waals surface area contributed by atoms with Gasteiger partial charge in [-0.1, -0.05) is 30.8 Å². The summed E-state index contributed by atoms with van der Waals surface area (Å²) in [4.78, 5) is 19.0. The summed E-state index contributed by atoms with van der Waals surface area (Å²) in [6.45, 7) is 2.98. The molecule has 0 aromatic carbocycles. The lowest BCUT2D eigenvalue weighted by Gasteiger charge is -2.24. The van der Waals surface area contributed by atoms with Crippen LogP contribution in [0.5, 0.6) is 0 Å². The average molecular weight is 291 g/mol. The van der Waals surface area contributed by atoms with Crippen molar-refractivity contribution >= 4 is 5.78 Å². The third kappa shape index (κ3) is 4.13. The zero-order valence-corrected chi connectivity index (χ0v) is 12.7. The third-order valence-corrected chi connectivity index (χ3v) is 4.71. The van der Waals surface area contributed by atoms with Crippen LogP contribution in [0.3, 0.4) is 0 Å². The number of likely N-dealkylation sites (tertiary alicyclic amines) is 1. The van der Waals surface area contributed by atoms with Gasteiger partial charge in [0.25, 0.3) is 0 Å². The van der Waals surface area contributed by atoms with Crippen LogP contribution < -0.4 is 0 Å². The van der Waals surface area contributed by atoms with Gasteiger partial charge in [-0.05, 0) is 38.8 Å². The zero-order chi connectivity index (χ0) is 14.5. The van der Waals surface area contributed by atoms with E-state index in [0.29, 0.717) is 12.3 Å². The first kappa shape index (κ1) is 14.7. The highest BCUT2D eigenvalue weighted by molar-refractivity contribution is 5.82. The van der Waals surface area contributed by atoms with E-state index in [4.69, 9.17) is 4.52 Å². The molecule has 2 fully saturated rings. The fourth-order valence-electron chi connectivity index (χ4n) is 3.46. The topological polar surface area (TPSA) is 59.2 Å². The van der Waals surface area contributed by atoms with Crippen molar-refractivity contribution < 1.29 is 9.32 Å². The maximum atomic E-state index is 12.2. The summed E-state index contributed by atoms with van der Waals surface area (Å²) in [6.07, 6.45) is 9.85. The Labute approximate surface area is 126 Å². The molecule has 0 N–H and O–H groups in total. The number of Topliss-reactive ketones (excluding diaryl/α,β-unsaturated/α-hetero) is 1. The maximum absolute atomic E-state index is 12.2. The minimum Gasteiger partial charge on any atom is -0.339 e. The van der Waals surface area contributed by atoms with E-state index in [0.717, 1.165) is 38.3 Å². The molecule has 5 nitrogen and oxygen atoms in total. The Morgan fingerprint density at radius 1 is 1.10 bits per heavy atom. The van der Waals surface area contributed by atoms with Gasteiger partial charge >= 0.3 is 0 Å². The van der Waals surface area contributed by atoms with Crippen molar-refractivity contribution in [2.45, 2.75) is 64.3 Å². The van der Waals surface area contributed by atoms with Crippen LogP contribution in [-0.4, -0.2) is 33.9 Å². The number of piperidine rings is 1. The molecule has 1 aromatic heterocycles. The van der Waals surface area contributed by atoms with Crippen LogP contribution in [0.2, 0.25) is 0 Å². The monoisotopic (exact) mass is 291 g/mol. The molecule has 116 valence electrons. The molecule has 0 atom stereocenters. The highest BCUT2D eigenvalue weighted by Crippen LogP contribution is 2.25. The van der Waals surface area contributed by atoms with Gasteiger partial charge in [-0.2, -0.15) is 4.98 Å². The van der Waals surface area contributed by atoms with Gasteiger partial charge in [-0.25, -0.2) is 0 Å². The molecule has 0 spiro atoms. The van der Waals surface area contributed by atoms with Gasteiger partial charge in [0.1, 0.15) is 5.78 Å². The van der Waals surface area contributed by atoms with Crippen molar-refractivity contribution in [3.63, 3.8) is 0 Å². The van der Waals surface area contributed by atoms with E-state index in [-0.39, 0.29) is 11.7 Å². The van der Waals surface area contributed by atoms with Crippen molar-refractivity contribution in [2.75, 3.05) is 13.1 Å². The predicted molar refractivity (Wildman–Crippen MR) is 78.7 cm³/mol. The van der Waals surface area contributed by atoms with Crippen molar-refractivity contribution in [1.82, 2.24) is 15.0 Å². The molecule has 1 saturated heterocycles. The van der Waals surface area contributed by atoms with Gasteiger partial charge in [0, 0.05) is 5.92 Å². The Bertz CT molecular complexity index is 460. The highest BCUT2D eigenvalue weighted by Gasteiger charge is 2.23. The van der Waals surface area contributed by atoms with E-state index in [1.54, 1.807) is 0 Å². The van der Waals surface area contributed by atoms with Crippen molar-refractivity contribution in [3.8, 4) is 0 Å². The van der Waals surface area contributed by atoms with E-state index in [1.807, 2.05) is 0 Å². The van der Waals surface area contributed by atoms with Gasteiger partial charge in [0.15, 0.2) is 5.82 Å². The molecule has 5 heteroatoms. The second kappa shape index (κ2) is 7.16. The summed E-state index contributed by atoms with van der Waals surface area (Å²) in [5, 5.41) is 4.03. The molecule has 2 heterocycles. The minimum atomic E-state index is 0.219. The molecule has 0 unspecified atom stereocenters. The molecule has 3 rings (SSSR count). The van der Waals surface area contributed by atoms with Crippen LogP contribution >= 0.6 is 0 Å². The van der Waals surface area contributed by atoms with Crippen LogP contribution in [0.4, 0.5) is 0 Å². The molecule has 0 amide bonds. The number of rotatable bonds is 5. The summed E-state index contributed by atoms with van der Waals surface area (Å²) in [7, 11) is 0. The number of hydrogen-bond donors (Lipinski definition) is 0. The zero-order valence-electron chi connectivity index (χ0n) is 12.7. The maximum Gasteiger partial charge on any atom is 0.234 e. The van der Waals surface area contributed by atoms with Gasteiger partial charge in [-0.3, -0.25) is 9.69 Å².